The van der Waals surface area contributed by atoms with E-state index in [0.717, 1.165) is 55.8 Å². The number of fused-ring (bicyclic) bond motifs is 1. The molecular weight excluding hydrogens is 268 g/mol. The van der Waals surface area contributed by atoms with Gasteiger partial charge in [0, 0.05) is 25.3 Å². The third kappa shape index (κ3) is 3.36. The van der Waals surface area contributed by atoms with Crippen molar-refractivity contribution in [3.63, 3.8) is 0 Å². The van der Waals surface area contributed by atoms with Crippen LogP contribution >= 0.6 is 0 Å². The zero-order valence-electron chi connectivity index (χ0n) is 12.1. The zero-order chi connectivity index (χ0) is 14.7. The van der Waals surface area contributed by atoms with Crippen LogP contribution in [-0.2, 0) is 16.0 Å². The van der Waals surface area contributed by atoms with Crippen molar-refractivity contribution in [2.75, 3.05) is 19.8 Å². The van der Waals surface area contributed by atoms with Crippen molar-refractivity contribution in [3.8, 4) is 5.75 Å². The molecule has 0 bridgehead atoms. The molecule has 1 aromatic carbocycles. The highest BCUT2D eigenvalue weighted by atomic mass is 16.5. The van der Waals surface area contributed by atoms with Gasteiger partial charge in [0.15, 0.2) is 6.61 Å². The van der Waals surface area contributed by atoms with Crippen molar-refractivity contribution in [3.05, 3.63) is 29.3 Å². The molecule has 1 aliphatic heterocycles. The van der Waals surface area contributed by atoms with Crippen molar-refractivity contribution in [2.45, 2.75) is 37.8 Å². The minimum atomic E-state index is -0.0678. The van der Waals surface area contributed by atoms with Crippen LogP contribution in [0.2, 0.25) is 0 Å². The zero-order valence-corrected chi connectivity index (χ0v) is 12.1. The molecule has 1 saturated heterocycles. The summed E-state index contributed by atoms with van der Waals surface area (Å²) in [6.45, 7) is 1.49. The number of hydrogen-bond acceptors (Lipinski definition) is 4. The molecule has 0 aromatic heterocycles. The van der Waals surface area contributed by atoms with Crippen molar-refractivity contribution < 1.29 is 14.3 Å². The molecule has 1 aromatic rings. The van der Waals surface area contributed by atoms with Gasteiger partial charge in [-0.25, -0.2) is 0 Å². The molecule has 1 unspecified atom stereocenters. The van der Waals surface area contributed by atoms with E-state index in [1.807, 2.05) is 18.2 Å². The van der Waals surface area contributed by atoms with Gasteiger partial charge < -0.3 is 20.5 Å². The van der Waals surface area contributed by atoms with Gasteiger partial charge in [-0.3, -0.25) is 4.79 Å². The van der Waals surface area contributed by atoms with Crippen LogP contribution in [0.1, 0.15) is 36.4 Å². The molecule has 3 rings (SSSR count). The van der Waals surface area contributed by atoms with Gasteiger partial charge in [-0.15, -0.1) is 0 Å². The van der Waals surface area contributed by atoms with Crippen LogP contribution in [0, 0.1) is 0 Å². The van der Waals surface area contributed by atoms with Crippen molar-refractivity contribution >= 4 is 5.91 Å². The van der Waals surface area contributed by atoms with E-state index in [-0.39, 0.29) is 24.6 Å². The molecule has 114 valence electrons. The Labute approximate surface area is 124 Å². The van der Waals surface area contributed by atoms with E-state index in [2.05, 4.69) is 5.32 Å². The number of nitrogens with two attached hydrogens (primary N) is 1. The summed E-state index contributed by atoms with van der Waals surface area (Å²) in [6, 6.07) is 6.21. The standard InChI is InChI=1S/C16H22N2O3/c17-14-5-4-13-12(14)2-1-3-15(13)21-10-16(19)18-11-6-8-20-9-7-11/h1-3,11,14H,4-10,17H2,(H,18,19). The molecule has 1 heterocycles. The van der Waals surface area contributed by atoms with Gasteiger partial charge in [-0.05, 0) is 42.9 Å². The number of ether oxygens (including phenoxy) is 2. The smallest absolute Gasteiger partial charge is 0.258 e. The Morgan fingerprint density at radius 2 is 2.14 bits per heavy atom. The number of amides is 1. The van der Waals surface area contributed by atoms with Gasteiger partial charge in [-0.1, -0.05) is 12.1 Å². The summed E-state index contributed by atoms with van der Waals surface area (Å²) in [6.07, 6.45) is 3.63. The van der Waals surface area contributed by atoms with Gasteiger partial charge in [-0.2, -0.15) is 0 Å². The Morgan fingerprint density at radius 3 is 2.95 bits per heavy atom. The monoisotopic (exact) mass is 290 g/mol. The summed E-state index contributed by atoms with van der Waals surface area (Å²) in [5.41, 5.74) is 8.35. The molecule has 0 spiro atoms. The fourth-order valence-electron chi connectivity index (χ4n) is 3.04. The third-order valence-electron chi connectivity index (χ3n) is 4.22. The number of benzene rings is 1. The summed E-state index contributed by atoms with van der Waals surface area (Å²) in [4.78, 5) is 11.9. The predicted molar refractivity (Wildman–Crippen MR) is 79.2 cm³/mol. The molecule has 1 amide bonds. The normalized spacial score (nSPS) is 21.9. The van der Waals surface area contributed by atoms with Crippen molar-refractivity contribution in [1.29, 1.82) is 0 Å². The first-order valence-electron chi connectivity index (χ1n) is 7.61. The molecule has 0 saturated carbocycles. The predicted octanol–water partition coefficient (Wildman–Crippen LogP) is 1.31. The molecule has 0 radical (unpaired) electrons. The van der Waals surface area contributed by atoms with E-state index >= 15 is 0 Å². The minimum absolute atomic E-state index is 0.0586. The van der Waals surface area contributed by atoms with Gasteiger partial charge in [0.25, 0.3) is 5.91 Å². The molecule has 5 nitrogen and oxygen atoms in total. The summed E-state index contributed by atoms with van der Waals surface area (Å²) >= 11 is 0. The quantitative estimate of drug-likeness (QED) is 0.877. The first-order chi connectivity index (χ1) is 10.2. The molecule has 5 heteroatoms. The molecule has 1 atom stereocenters. The van der Waals surface area contributed by atoms with Crippen LogP contribution in [-0.4, -0.2) is 31.8 Å². The Bertz CT molecular complexity index is 512. The molecule has 21 heavy (non-hydrogen) atoms. The first-order valence-corrected chi connectivity index (χ1v) is 7.61. The van der Waals surface area contributed by atoms with Gasteiger partial charge in [0.2, 0.25) is 0 Å². The van der Waals surface area contributed by atoms with Crippen molar-refractivity contribution in [2.24, 2.45) is 5.73 Å². The molecule has 3 N–H and O–H groups in total. The van der Waals surface area contributed by atoms with Crippen LogP contribution < -0.4 is 15.8 Å². The Morgan fingerprint density at radius 1 is 1.33 bits per heavy atom. The first kappa shape index (κ1) is 14.4. The highest BCUT2D eigenvalue weighted by molar-refractivity contribution is 5.77. The Kier molecular flexibility index (Phi) is 4.41. The van der Waals surface area contributed by atoms with Crippen LogP contribution in [0.4, 0.5) is 0 Å². The minimum Gasteiger partial charge on any atom is -0.483 e. The number of nitrogens with one attached hydrogen (secondary N) is 1. The van der Waals surface area contributed by atoms with Crippen LogP contribution in [0.15, 0.2) is 18.2 Å². The highest BCUT2D eigenvalue weighted by Gasteiger charge is 2.22. The highest BCUT2D eigenvalue weighted by Crippen LogP contribution is 2.35. The molecule has 1 fully saturated rings. The number of rotatable bonds is 4. The Balaban J connectivity index is 1.54. The number of hydrogen-bond donors (Lipinski definition) is 2. The summed E-state index contributed by atoms with van der Waals surface area (Å²) in [5.74, 6) is 0.726. The number of carbonyl (C=O) groups excluding carboxylic acids is 1. The maximum absolute atomic E-state index is 11.9. The molecule has 2 aliphatic rings. The largest absolute Gasteiger partial charge is 0.483 e. The van der Waals surface area contributed by atoms with Crippen LogP contribution in [0.5, 0.6) is 5.75 Å². The van der Waals surface area contributed by atoms with E-state index in [0.29, 0.717) is 0 Å². The van der Waals surface area contributed by atoms with E-state index < -0.39 is 0 Å². The van der Waals surface area contributed by atoms with E-state index in [4.69, 9.17) is 15.2 Å². The topological polar surface area (TPSA) is 73.6 Å². The maximum Gasteiger partial charge on any atom is 0.258 e. The molecule has 1 aliphatic carbocycles. The van der Waals surface area contributed by atoms with Crippen LogP contribution in [0.25, 0.3) is 0 Å². The second kappa shape index (κ2) is 6.45. The third-order valence-corrected chi connectivity index (χ3v) is 4.22. The summed E-state index contributed by atoms with van der Waals surface area (Å²) in [7, 11) is 0. The second-order valence-electron chi connectivity index (χ2n) is 5.71. The van der Waals surface area contributed by atoms with Crippen molar-refractivity contribution in [1.82, 2.24) is 5.32 Å². The SMILES string of the molecule is NC1CCc2c(OCC(=O)NC3CCOCC3)cccc21. The van der Waals surface area contributed by atoms with E-state index in [1.54, 1.807) is 0 Å². The lowest BCUT2D eigenvalue weighted by molar-refractivity contribution is -0.124. The van der Waals surface area contributed by atoms with E-state index in [9.17, 15) is 4.79 Å². The fraction of sp³-hybridized carbons (Fsp3) is 0.562. The lowest BCUT2D eigenvalue weighted by atomic mass is 10.1. The van der Waals surface area contributed by atoms with Crippen LogP contribution in [0.3, 0.4) is 0 Å². The average molecular weight is 290 g/mol. The summed E-state index contributed by atoms with van der Waals surface area (Å²) in [5, 5.41) is 3.00. The van der Waals surface area contributed by atoms with Gasteiger partial charge >= 0.3 is 0 Å². The maximum atomic E-state index is 11.9. The average Bonchev–Trinajstić information content (AvgIpc) is 2.88. The Hall–Kier alpha value is -1.59. The fourth-order valence-corrected chi connectivity index (χ4v) is 3.04. The summed E-state index contributed by atoms with van der Waals surface area (Å²) < 4.78 is 11.0. The lowest BCUT2D eigenvalue weighted by Crippen LogP contribution is -2.41. The van der Waals surface area contributed by atoms with Gasteiger partial charge in [0.05, 0.1) is 0 Å². The van der Waals surface area contributed by atoms with E-state index in [1.165, 1.54) is 0 Å². The molecular formula is C16H22N2O3. The lowest BCUT2D eigenvalue weighted by Gasteiger charge is -2.23. The number of carbonyl (C=O) groups is 1. The second-order valence-corrected chi connectivity index (χ2v) is 5.71. The van der Waals surface area contributed by atoms with Gasteiger partial charge in [0.1, 0.15) is 5.75 Å².